The first kappa shape index (κ1) is 11.1. The number of nitrogens with two attached hydrogens (primary N) is 1. The molecule has 1 heterocycles. The molecule has 0 unspecified atom stereocenters. The van der Waals surface area contributed by atoms with E-state index in [0.29, 0.717) is 12.2 Å². The van der Waals surface area contributed by atoms with Crippen LogP contribution in [0.15, 0.2) is 6.07 Å². The molecular formula is C11H18N4O. The third-order valence-corrected chi connectivity index (χ3v) is 3.15. The minimum absolute atomic E-state index is 0.0716. The van der Waals surface area contributed by atoms with Crippen LogP contribution in [-0.4, -0.2) is 27.8 Å². The molecule has 1 aromatic heterocycles. The number of hydrogen-bond donors (Lipinski definition) is 2. The quantitative estimate of drug-likeness (QED) is 0.764. The standard InChI is InChI=1S/C11H18N4O/c1-3-8-6-9(15(2)14-8)10(16)13-11(7-12)4-5-11/h6H,3-5,7,12H2,1-2H3,(H,13,16). The van der Waals surface area contributed by atoms with Gasteiger partial charge < -0.3 is 11.1 Å². The van der Waals surface area contributed by atoms with Gasteiger partial charge in [0.05, 0.1) is 11.2 Å². The van der Waals surface area contributed by atoms with Crippen LogP contribution in [0.2, 0.25) is 0 Å². The molecule has 2 rings (SSSR count). The summed E-state index contributed by atoms with van der Waals surface area (Å²) >= 11 is 0. The van der Waals surface area contributed by atoms with Gasteiger partial charge in [-0.05, 0) is 25.3 Å². The highest BCUT2D eigenvalue weighted by Crippen LogP contribution is 2.34. The zero-order chi connectivity index (χ0) is 11.8. The molecule has 0 saturated heterocycles. The summed E-state index contributed by atoms with van der Waals surface area (Å²) in [5.74, 6) is -0.0716. The summed E-state index contributed by atoms with van der Waals surface area (Å²) < 4.78 is 1.63. The van der Waals surface area contributed by atoms with Crippen LogP contribution in [0.5, 0.6) is 0 Å². The number of aryl methyl sites for hydroxylation is 2. The highest BCUT2D eigenvalue weighted by Gasteiger charge is 2.43. The first-order valence-electron chi connectivity index (χ1n) is 5.66. The van der Waals surface area contributed by atoms with Gasteiger partial charge >= 0.3 is 0 Å². The Labute approximate surface area is 95.0 Å². The predicted molar refractivity (Wildman–Crippen MR) is 61.1 cm³/mol. The molecule has 1 aliphatic rings. The van der Waals surface area contributed by atoms with Gasteiger partial charge in [0.1, 0.15) is 5.69 Å². The summed E-state index contributed by atoms with van der Waals surface area (Å²) in [5.41, 5.74) is 7.03. The number of amides is 1. The average Bonchev–Trinajstić information content (AvgIpc) is 2.94. The van der Waals surface area contributed by atoms with Gasteiger partial charge in [0.25, 0.3) is 5.91 Å². The fourth-order valence-corrected chi connectivity index (χ4v) is 1.75. The van der Waals surface area contributed by atoms with Crippen molar-refractivity contribution in [3.63, 3.8) is 0 Å². The molecule has 1 fully saturated rings. The Morgan fingerprint density at radius 3 is 2.81 bits per heavy atom. The van der Waals surface area contributed by atoms with Gasteiger partial charge in [-0.1, -0.05) is 6.92 Å². The largest absolute Gasteiger partial charge is 0.344 e. The van der Waals surface area contributed by atoms with Crippen molar-refractivity contribution < 1.29 is 4.79 Å². The molecule has 1 saturated carbocycles. The molecule has 3 N–H and O–H groups in total. The molecule has 0 spiro atoms. The Balaban J connectivity index is 2.11. The van der Waals surface area contributed by atoms with E-state index in [2.05, 4.69) is 10.4 Å². The minimum atomic E-state index is -0.145. The fraction of sp³-hybridized carbons (Fsp3) is 0.636. The average molecular weight is 222 g/mol. The number of nitrogens with one attached hydrogen (secondary N) is 1. The van der Waals surface area contributed by atoms with Gasteiger partial charge in [0.2, 0.25) is 0 Å². The second-order valence-electron chi connectivity index (χ2n) is 4.44. The van der Waals surface area contributed by atoms with E-state index in [1.54, 1.807) is 11.7 Å². The van der Waals surface area contributed by atoms with Crippen molar-refractivity contribution in [2.45, 2.75) is 31.7 Å². The first-order chi connectivity index (χ1) is 7.60. The maximum Gasteiger partial charge on any atom is 0.270 e. The number of hydrogen-bond acceptors (Lipinski definition) is 3. The van der Waals surface area contributed by atoms with Crippen molar-refractivity contribution in [3.05, 3.63) is 17.5 Å². The van der Waals surface area contributed by atoms with Crippen molar-refractivity contribution >= 4 is 5.91 Å². The minimum Gasteiger partial charge on any atom is -0.344 e. The zero-order valence-electron chi connectivity index (χ0n) is 9.79. The van der Waals surface area contributed by atoms with Gasteiger partial charge in [0.15, 0.2) is 0 Å². The first-order valence-corrected chi connectivity index (χ1v) is 5.66. The van der Waals surface area contributed by atoms with E-state index in [0.717, 1.165) is 25.0 Å². The highest BCUT2D eigenvalue weighted by atomic mass is 16.2. The van der Waals surface area contributed by atoms with Crippen molar-refractivity contribution in [1.29, 1.82) is 0 Å². The van der Waals surface area contributed by atoms with E-state index in [9.17, 15) is 4.79 Å². The molecule has 0 aliphatic heterocycles. The van der Waals surface area contributed by atoms with Crippen LogP contribution in [0.1, 0.15) is 35.9 Å². The number of nitrogens with zero attached hydrogens (tertiary/aromatic N) is 2. The molecule has 0 aromatic carbocycles. The number of carbonyl (C=O) groups is 1. The summed E-state index contributed by atoms with van der Waals surface area (Å²) in [6.45, 7) is 2.53. The van der Waals surface area contributed by atoms with Gasteiger partial charge in [-0.25, -0.2) is 0 Å². The molecule has 0 radical (unpaired) electrons. The van der Waals surface area contributed by atoms with E-state index < -0.39 is 0 Å². The molecule has 5 nitrogen and oxygen atoms in total. The molecule has 88 valence electrons. The summed E-state index contributed by atoms with van der Waals surface area (Å²) in [6, 6.07) is 1.84. The van der Waals surface area contributed by atoms with Crippen LogP contribution < -0.4 is 11.1 Å². The third kappa shape index (κ3) is 1.95. The molecule has 0 bridgehead atoms. The molecule has 5 heteroatoms. The van der Waals surface area contributed by atoms with E-state index in [1.807, 2.05) is 13.0 Å². The molecular weight excluding hydrogens is 204 g/mol. The smallest absolute Gasteiger partial charge is 0.270 e. The molecule has 1 aromatic rings. The van der Waals surface area contributed by atoms with Crippen LogP contribution in [0.25, 0.3) is 0 Å². The maximum atomic E-state index is 12.0. The molecule has 1 amide bonds. The van der Waals surface area contributed by atoms with Gasteiger partial charge in [0, 0.05) is 13.6 Å². The summed E-state index contributed by atoms with van der Waals surface area (Å²) in [7, 11) is 1.79. The Morgan fingerprint density at radius 1 is 1.69 bits per heavy atom. The normalized spacial score (nSPS) is 17.2. The molecule has 0 atom stereocenters. The lowest BCUT2D eigenvalue weighted by molar-refractivity contribution is 0.0923. The summed E-state index contributed by atoms with van der Waals surface area (Å²) in [6.07, 6.45) is 2.80. The van der Waals surface area contributed by atoms with Gasteiger partial charge in [-0.15, -0.1) is 0 Å². The Morgan fingerprint density at radius 2 is 2.38 bits per heavy atom. The second kappa shape index (κ2) is 3.90. The Bertz CT molecular complexity index is 406. The zero-order valence-corrected chi connectivity index (χ0v) is 9.79. The van der Waals surface area contributed by atoms with Crippen molar-refractivity contribution in [2.75, 3.05) is 6.54 Å². The second-order valence-corrected chi connectivity index (χ2v) is 4.44. The lowest BCUT2D eigenvalue weighted by Gasteiger charge is -2.14. The number of aromatic nitrogens is 2. The van der Waals surface area contributed by atoms with Crippen LogP contribution in [0.4, 0.5) is 0 Å². The Hall–Kier alpha value is -1.36. The number of rotatable bonds is 4. The predicted octanol–water partition coefficient (Wildman–Crippen LogP) is 0.204. The molecule has 16 heavy (non-hydrogen) atoms. The van der Waals surface area contributed by atoms with Crippen molar-refractivity contribution in [1.82, 2.24) is 15.1 Å². The number of carbonyl (C=O) groups excluding carboxylic acids is 1. The Kier molecular flexibility index (Phi) is 2.71. The van der Waals surface area contributed by atoms with Crippen LogP contribution in [0.3, 0.4) is 0 Å². The van der Waals surface area contributed by atoms with Crippen molar-refractivity contribution in [3.8, 4) is 0 Å². The third-order valence-electron chi connectivity index (χ3n) is 3.15. The van der Waals surface area contributed by atoms with E-state index in [-0.39, 0.29) is 11.4 Å². The van der Waals surface area contributed by atoms with Crippen LogP contribution >= 0.6 is 0 Å². The topological polar surface area (TPSA) is 72.9 Å². The highest BCUT2D eigenvalue weighted by molar-refractivity contribution is 5.93. The van der Waals surface area contributed by atoms with E-state index in [1.165, 1.54) is 0 Å². The lowest BCUT2D eigenvalue weighted by atomic mass is 10.2. The SMILES string of the molecule is CCc1cc(C(=O)NC2(CN)CC2)n(C)n1. The maximum absolute atomic E-state index is 12.0. The summed E-state index contributed by atoms with van der Waals surface area (Å²) in [5, 5.41) is 7.24. The van der Waals surface area contributed by atoms with E-state index in [4.69, 9.17) is 5.73 Å². The summed E-state index contributed by atoms with van der Waals surface area (Å²) in [4.78, 5) is 12.0. The fourth-order valence-electron chi connectivity index (χ4n) is 1.75. The van der Waals surface area contributed by atoms with Crippen molar-refractivity contribution in [2.24, 2.45) is 12.8 Å². The van der Waals surface area contributed by atoms with E-state index >= 15 is 0 Å². The van der Waals surface area contributed by atoms with Crippen LogP contribution in [-0.2, 0) is 13.5 Å². The lowest BCUT2D eigenvalue weighted by Crippen LogP contribution is -2.42. The van der Waals surface area contributed by atoms with Gasteiger partial charge in [-0.2, -0.15) is 5.10 Å². The monoisotopic (exact) mass is 222 g/mol. The molecule has 1 aliphatic carbocycles. The van der Waals surface area contributed by atoms with Gasteiger partial charge in [-0.3, -0.25) is 9.48 Å². The van der Waals surface area contributed by atoms with Crippen LogP contribution in [0, 0.1) is 0 Å².